The molecular formula is C23H37N3O2. The maximum Gasteiger partial charge on any atom is 0.409 e. The zero-order valence-electron chi connectivity index (χ0n) is 17.7. The Kier molecular flexibility index (Phi) is 7.74. The maximum absolute atomic E-state index is 12.0. The second-order valence-electron chi connectivity index (χ2n) is 8.32. The Balaban J connectivity index is 1.52. The van der Waals surface area contributed by atoms with Crippen LogP contribution >= 0.6 is 0 Å². The molecule has 5 heteroatoms. The van der Waals surface area contributed by atoms with E-state index < -0.39 is 0 Å². The predicted octanol–water partition coefficient (Wildman–Crippen LogP) is 3.94. The van der Waals surface area contributed by atoms with Gasteiger partial charge in [0.1, 0.15) is 0 Å². The highest BCUT2D eigenvalue weighted by Gasteiger charge is 2.42. The Morgan fingerprint density at radius 2 is 1.79 bits per heavy atom. The molecule has 1 aromatic rings. The lowest BCUT2D eigenvalue weighted by Crippen LogP contribution is -2.53. The molecule has 0 atom stereocenters. The second-order valence-corrected chi connectivity index (χ2v) is 8.32. The van der Waals surface area contributed by atoms with Crippen molar-refractivity contribution >= 4 is 6.09 Å². The molecular weight excluding hydrogens is 350 g/mol. The lowest BCUT2D eigenvalue weighted by Gasteiger charge is -2.48. The predicted molar refractivity (Wildman–Crippen MR) is 113 cm³/mol. The number of amides is 1. The number of unbranched alkanes of at least 4 members (excludes halogenated alkanes) is 1. The third-order valence-corrected chi connectivity index (χ3v) is 6.49. The van der Waals surface area contributed by atoms with Crippen molar-refractivity contribution in [1.29, 1.82) is 0 Å². The van der Waals surface area contributed by atoms with Crippen molar-refractivity contribution in [3.8, 4) is 0 Å². The minimum absolute atomic E-state index is 0.193. The van der Waals surface area contributed by atoms with Crippen molar-refractivity contribution in [2.24, 2.45) is 0 Å². The quantitative estimate of drug-likeness (QED) is 0.633. The van der Waals surface area contributed by atoms with E-state index in [9.17, 15) is 4.79 Å². The van der Waals surface area contributed by atoms with Gasteiger partial charge in [-0.3, -0.25) is 4.90 Å². The van der Waals surface area contributed by atoms with Crippen LogP contribution in [0.2, 0.25) is 0 Å². The highest BCUT2D eigenvalue weighted by atomic mass is 16.6. The summed E-state index contributed by atoms with van der Waals surface area (Å²) in [4.78, 5) is 19.0. The normalized spacial score (nSPS) is 20.2. The number of ether oxygens (including phenoxy) is 1. The van der Waals surface area contributed by atoms with Gasteiger partial charge in [-0.1, -0.05) is 43.7 Å². The van der Waals surface area contributed by atoms with Gasteiger partial charge >= 0.3 is 6.09 Å². The van der Waals surface area contributed by atoms with Crippen LogP contribution in [0.1, 0.15) is 51.0 Å². The van der Waals surface area contributed by atoms with Crippen LogP contribution in [0.4, 0.5) is 4.79 Å². The van der Waals surface area contributed by atoms with Crippen LogP contribution in [0.5, 0.6) is 0 Å². The van der Waals surface area contributed by atoms with Crippen molar-refractivity contribution in [2.75, 3.05) is 52.9 Å². The van der Waals surface area contributed by atoms with E-state index in [1.807, 2.05) is 7.05 Å². The molecule has 156 valence electrons. The smallest absolute Gasteiger partial charge is 0.409 e. The topological polar surface area (TPSA) is 36.0 Å². The summed E-state index contributed by atoms with van der Waals surface area (Å²) in [5.41, 5.74) is 1.67. The van der Waals surface area contributed by atoms with Gasteiger partial charge in [-0.05, 0) is 50.8 Å². The largest absolute Gasteiger partial charge is 0.449 e. The van der Waals surface area contributed by atoms with Crippen LogP contribution < -0.4 is 0 Å². The van der Waals surface area contributed by atoms with Crippen LogP contribution in [0, 0.1) is 0 Å². The van der Waals surface area contributed by atoms with Gasteiger partial charge in [0.2, 0.25) is 0 Å². The highest BCUT2D eigenvalue weighted by molar-refractivity contribution is 5.67. The summed E-state index contributed by atoms with van der Waals surface area (Å²) in [6.45, 7) is 8.90. The summed E-state index contributed by atoms with van der Waals surface area (Å²) in [6, 6.07) is 11.1. The molecule has 1 aromatic carbocycles. The van der Waals surface area contributed by atoms with E-state index in [4.69, 9.17) is 4.74 Å². The van der Waals surface area contributed by atoms with Crippen LogP contribution in [-0.2, 0) is 10.3 Å². The van der Waals surface area contributed by atoms with Gasteiger partial charge in [-0.15, -0.1) is 0 Å². The Morgan fingerprint density at radius 3 is 2.43 bits per heavy atom. The number of rotatable bonds is 8. The number of carbonyl (C=O) groups is 1. The summed E-state index contributed by atoms with van der Waals surface area (Å²) in [5, 5.41) is 0. The Hall–Kier alpha value is -1.59. The first-order chi connectivity index (χ1) is 13.7. The number of nitrogens with zero attached hydrogens (tertiary/aromatic N) is 3. The van der Waals surface area contributed by atoms with E-state index >= 15 is 0 Å². The Bertz CT molecular complexity index is 593. The van der Waals surface area contributed by atoms with Crippen LogP contribution in [-0.4, -0.2) is 73.7 Å². The van der Waals surface area contributed by atoms with Crippen molar-refractivity contribution in [3.05, 3.63) is 35.9 Å². The van der Waals surface area contributed by atoms with Gasteiger partial charge in [-0.25, -0.2) is 4.79 Å². The summed E-state index contributed by atoms with van der Waals surface area (Å²) >= 11 is 0. The van der Waals surface area contributed by atoms with Crippen LogP contribution in [0.15, 0.2) is 30.3 Å². The molecule has 28 heavy (non-hydrogen) atoms. The van der Waals surface area contributed by atoms with Crippen molar-refractivity contribution < 1.29 is 9.53 Å². The van der Waals surface area contributed by atoms with Crippen LogP contribution in [0.3, 0.4) is 0 Å². The second kappa shape index (κ2) is 10.3. The maximum atomic E-state index is 12.0. The van der Waals surface area contributed by atoms with E-state index in [2.05, 4.69) is 47.1 Å². The number of likely N-dealkylation sites (N-methyl/N-ethyl adjacent to an activating group) is 1. The minimum Gasteiger partial charge on any atom is -0.449 e. The summed E-state index contributed by atoms with van der Waals surface area (Å²) in [5.74, 6) is 0. The average Bonchev–Trinajstić information content (AvgIpc) is 3.28. The van der Waals surface area contributed by atoms with Gasteiger partial charge < -0.3 is 14.5 Å². The lowest BCUT2D eigenvalue weighted by molar-refractivity contribution is 0.0310. The summed E-state index contributed by atoms with van der Waals surface area (Å²) in [7, 11) is 1.84. The molecule has 2 aliphatic heterocycles. The van der Waals surface area contributed by atoms with E-state index in [0.29, 0.717) is 6.61 Å². The molecule has 0 unspecified atom stereocenters. The van der Waals surface area contributed by atoms with Crippen molar-refractivity contribution in [1.82, 2.24) is 14.7 Å². The standard InChI is InChI=1S/C23H37N3O2/c1-3-4-20-28-22(27)24(2)18-19-25-16-12-23(13-17-25,26-14-8-9-15-26)21-10-6-5-7-11-21/h5-7,10-11H,3-4,8-9,12-20H2,1-2H3. The molecule has 5 nitrogen and oxygen atoms in total. The third-order valence-electron chi connectivity index (χ3n) is 6.49. The molecule has 3 rings (SSSR count). The minimum atomic E-state index is -0.193. The molecule has 0 saturated carbocycles. The first kappa shape index (κ1) is 21.1. The van der Waals surface area contributed by atoms with Gasteiger partial charge in [0.25, 0.3) is 0 Å². The van der Waals surface area contributed by atoms with Gasteiger partial charge in [0, 0.05) is 38.8 Å². The van der Waals surface area contributed by atoms with Crippen molar-refractivity contribution in [2.45, 2.75) is 51.0 Å². The van der Waals surface area contributed by atoms with E-state index in [0.717, 1.165) is 39.0 Å². The molecule has 2 saturated heterocycles. The summed E-state index contributed by atoms with van der Waals surface area (Å²) < 4.78 is 5.30. The third kappa shape index (κ3) is 5.06. The van der Waals surface area contributed by atoms with E-state index in [-0.39, 0.29) is 11.6 Å². The monoisotopic (exact) mass is 387 g/mol. The lowest BCUT2D eigenvalue weighted by atomic mass is 9.79. The number of hydrogen-bond donors (Lipinski definition) is 0. The molecule has 0 spiro atoms. The molecule has 0 radical (unpaired) electrons. The molecule has 0 aromatic heterocycles. The Morgan fingerprint density at radius 1 is 1.11 bits per heavy atom. The van der Waals surface area contributed by atoms with Gasteiger partial charge in [0.05, 0.1) is 6.61 Å². The first-order valence-electron chi connectivity index (χ1n) is 11.1. The molecule has 2 heterocycles. The van der Waals surface area contributed by atoms with E-state index in [1.165, 1.54) is 44.3 Å². The number of likely N-dealkylation sites (tertiary alicyclic amines) is 2. The first-order valence-corrected chi connectivity index (χ1v) is 11.1. The fourth-order valence-electron chi connectivity index (χ4n) is 4.62. The van der Waals surface area contributed by atoms with Crippen LogP contribution in [0.25, 0.3) is 0 Å². The Labute approximate surface area is 170 Å². The number of hydrogen-bond acceptors (Lipinski definition) is 4. The molecule has 2 fully saturated rings. The molecule has 0 N–H and O–H groups in total. The molecule has 1 amide bonds. The number of carbonyl (C=O) groups excluding carboxylic acids is 1. The zero-order valence-corrected chi connectivity index (χ0v) is 17.7. The fraction of sp³-hybridized carbons (Fsp3) is 0.696. The SMILES string of the molecule is CCCCOC(=O)N(C)CCN1CCC(c2ccccc2)(N2CCCC2)CC1. The molecule has 2 aliphatic rings. The number of piperidine rings is 1. The van der Waals surface area contributed by atoms with Crippen molar-refractivity contribution in [3.63, 3.8) is 0 Å². The van der Waals surface area contributed by atoms with Gasteiger partial charge in [-0.2, -0.15) is 0 Å². The van der Waals surface area contributed by atoms with E-state index in [1.54, 1.807) is 4.90 Å². The zero-order chi connectivity index (χ0) is 19.8. The van der Waals surface area contributed by atoms with Gasteiger partial charge in [0.15, 0.2) is 0 Å². The molecule has 0 aliphatic carbocycles. The molecule has 0 bridgehead atoms. The average molecular weight is 388 g/mol. The fourth-order valence-corrected chi connectivity index (χ4v) is 4.62. The number of benzene rings is 1. The highest BCUT2D eigenvalue weighted by Crippen LogP contribution is 2.40. The summed E-state index contributed by atoms with van der Waals surface area (Å²) in [6.07, 6.45) is 6.77.